The van der Waals surface area contributed by atoms with E-state index in [9.17, 15) is 22.8 Å². The van der Waals surface area contributed by atoms with Crippen LogP contribution in [0.5, 0.6) is 0 Å². The lowest BCUT2D eigenvalue weighted by atomic mass is 10.1. The van der Waals surface area contributed by atoms with Crippen LogP contribution in [0.1, 0.15) is 18.1 Å². The fraction of sp³-hybridized carbons (Fsp3) is 0.273. The van der Waals surface area contributed by atoms with Crippen LogP contribution in [0.4, 0.5) is 13.2 Å². The molecular weight excluding hydrogens is 237 g/mol. The highest BCUT2D eigenvalue weighted by Gasteiger charge is 2.29. The molecule has 0 aromatic heterocycles. The average molecular weight is 246 g/mol. The van der Waals surface area contributed by atoms with Crippen molar-refractivity contribution in [2.75, 3.05) is 0 Å². The lowest BCUT2D eigenvalue weighted by Crippen LogP contribution is -2.12. The van der Waals surface area contributed by atoms with E-state index in [1.807, 2.05) is 0 Å². The number of ether oxygens (including phenoxy) is 1. The molecule has 1 aromatic carbocycles. The van der Waals surface area contributed by atoms with Crippen LogP contribution in [0, 0.1) is 0 Å². The Kier molecular flexibility index (Phi) is 3.88. The van der Waals surface area contributed by atoms with Gasteiger partial charge in [-0.05, 0) is 17.7 Å². The highest BCUT2D eigenvalue weighted by Crippen LogP contribution is 2.29. The van der Waals surface area contributed by atoms with Crippen molar-refractivity contribution in [3.63, 3.8) is 0 Å². The Morgan fingerprint density at radius 3 is 2.12 bits per heavy atom. The van der Waals surface area contributed by atoms with E-state index >= 15 is 0 Å². The van der Waals surface area contributed by atoms with Gasteiger partial charge in [-0.3, -0.25) is 9.59 Å². The van der Waals surface area contributed by atoms with Crippen LogP contribution in [0.2, 0.25) is 0 Å². The molecule has 17 heavy (non-hydrogen) atoms. The smallest absolute Gasteiger partial charge is 0.393 e. The fourth-order valence-corrected chi connectivity index (χ4v) is 1.17. The number of alkyl halides is 3. The molecule has 1 rings (SSSR count). The normalized spacial score (nSPS) is 11.1. The number of rotatable bonds is 2. The van der Waals surface area contributed by atoms with Crippen molar-refractivity contribution in [3.8, 4) is 0 Å². The first-order chi connectivity index (χ1) is 7.79. The van der Waals surface area contributed by atoms with Crippen LogP contribution in [0.15, 0.2) is 24.3 Å². The molecule has 0 saturated carbocycles. The van der Waals surface area contributed by atoms with Crippen LogP contribution in [0.3, 0.4) is 0 Å². The van der Waals surface area contributed by atoms with Crippen molar-refractivity contribution in [2.45, 2.75) is 19.5 Å². The van der Waals surface area contributed by atoms with E-state index in [0.29, 0.717) is 5.56 Å². The van der Waals surface area contributed by atoms with Gasteiger partial charge in [0.2, 0.25) is 0 Å². The molecule has 0 saturated heterocycles. The molecule has 92 valence electrons. The maximum absolute atomic E-state index is 12.2. The van der Waals surface area contributed by atoms with E-state index in [1.54, 1.807) is 0 Å². The number of esters is 2. The molecule has 1 aromatic rings. The number of benzene rings is 1. The molecule has 0 bridgehead atoms. The van der Waals surface area contributed by atoms with Crippen LogP contribution in [0.25, 0.3) is 0 Å². The van der Waals surface area contributed by atoms with E-state index in [1.165, 1.54) is 12.1 Å². The summed E-state index contributed by atoms with van der Waals surface area (Å²) >= 11 is 0. The second-order valence-electron chi connectivity index (χ2n) is 3.34. The third kappa shape index (κ3) is 4.26. The van der Waals surface area contributed by atoms with E-state index in [0.717, 1.165) is 19.1 Å². The van der Waals surface area contributed by atoms with Crippen molar-refractivity contribution in [3.05, 3.63) is 35.4 Å². The zero-order valence-electron chi connectivity index (χ0n) is 8.88. The number of halogens is 3. The van der Waals surface area contributed by atoms with Gasteiger partial charge in [-0.15, -0.1) is 0 Å². The zero-order valence-corrected chi connectivity index (χ0v) is 8.88. The molecule has 0 fully saturated rings. The number of hydrogen-bond acceptors (Lipinski definition) is 3. The zero-order chi connectivity index (χ0) is 13.1. The van der Waals surface area contributed by atoms with Gasteiger partial charge in [0.25, 0.3) is 0 Å². The van der Waals surface area contributed by atoms with Crippen LogP contribution in [-0.4, -0.2) is 11.9 Å². The molecule has 0 heterocycles. The Balaban J connectivity index is 2.69. The van der Waals surface area contributed by atoms with Gasteiger partial charge in [-0.1, -0.05) is 12.1 Å². The number of hydrogen-bond donors (Lipinski definition) is 0. The van der Waals surface area contributed by atoms with E-state index in [4.69, 9.17) is 0 Å². The van der Waals surface area contributed by atoms with Crippen LogP contribution >= 0.6 is 0 Å². The third-order valence-electron chi connectivity index (χ3n) is 1.89. The van der Waals surface area contributed by atoms with Gasteiger partial charge in [0, 0.05) is 6.92 Å². The molecule has 0 amide bonds. The molecule has 0 spiro atoms. The van der Waals surface area contributed by atoms with Crippen molar-refractivity contribution in [2.24, 2.45) is 0 Å². The summed E-state index contributed by atoms with van der Waals surface area (Å²) in [6, 6.07) is 4.08. The highest BCUT2D eigenvalue weighted by atomic mass is 19.4. The topological polar surface area (TPSA) is 43.4 Å². The van der Waals surface area contributed by atoms with E-state index in [2.05, 4.69) is 4.74 Å². The summed E-state index contributed by atoms with van der Waals surface area (Å²) in [4.78, 5) is 21.5. The van der Waals surface area contributed by atoms with Crippen molar-refractivity contribution in [1.82, 2.24) is 0 Å². The predicted molar refractivity (Wildman–Crippen MR) is 51.9 cm³/mol. The lowest BCUT2D eigenvalue weighted by Gasteiger charge is -2.07. The van der Waals surface area contributed by atoms with E-state index in [-0.39, 0.29) is 6.42 Å². The van der Waals surface area contributed by atoms with Gasteiger partial charge < -0.3 is 4.74 Å². The minimum Gasteiger partial charge on any atom is -0.393 e. The minimum atomic E-state index is -4.40. The summed E-state index contributed by atoms with van der Waals surface area (Å²) in [6.07, 6.45) is -4.64. The third-order valence-corrected chi connectivity index (χ3v) is 1.89. The molecule has 0 radical (unpaired) electrons. The largest absolute Gasteiger partial charge is 0.416 e. The monoisotopic (exact) mass is 246 g/mol. The van der Waals surface area contributed by atoms with E-state index < -0.39 is 23.7 Å². The number of carbonyl (C=O) groups is 2. The summed E-state index contributed by atoms with van der Waals surface area (Å²) in [7, 11) is 0. The van der Waals surface area contributed by atoms with Crippen molar-refractivity contribution >= 4 is 11.9 Å². The van der Waals surface area contributed by atoms with Gasteiger partial charge in [0.1, 0.15) is 0 Å². The van der Waals surface area contributed by atoms with Gasteiger partial charge in [-0.25, -0.2) is 0 Å². The van der Waals surface area contributed by atoms with Crippen molar-refractivity contribution in [1.29, 1.82) is 0 Å². The molecule has 3 nitrogen and oxygen atoms in total. The van der Waals surface area contributed by atoms with Crippen LogP contribution < -0.4 is 0 Å². The Bertz CT molecular complexity index is 421. The predicted octanol–water partition coefficient (Wildman–Crippen LogP) is 2.34. The van der Waals surface area contributed by atoms with Gasteiger partial charge in [0.15, 0.2) is 0 Å². The maximum Gasteiger partial charge on any atom is 0.416 e. The molecule has 0 N–H and O–H groups in total. The first-order valence-electron chi connectivity index (χ1n) is 4.66. The Morgan fingerprint density at radius 1 is 1.18 bits per heavy atom. The summed E-state index contributed by atoms with van der Waals surface area (Å²) in [5.74, 6) is -1.54. The molecule has 0 unspecified atom stereocenters. The molecule has 0 aliphatic carbocycles. The Morgan fingerprint density at radius 2 is 1.71 bits per heavy atom. The molecule has 0 aliphatic heterocycles. The number of carbonyl (C=O) groups excluding carboxylic acids is 2. The standard InChI is InChI=1S/C11H9F3O3/c1-7(15)17-10(16)6-8-2-4-9(5-3-8)11(12,13)14/h2-5H,6H2,1H3. The second-order valence-corrected chi connectivity index (χ2v) is 3.34. The Hall–Kier alpha value is -1.85. The summed E-state index contributed by atoms with van der Waals surface area (Å²) in [5.41, 5.74) is -0.439. The summed E-state index contributed by atoms with van der Waals surface area (Å²) in [5, 5.41) is 0. The second kappa shape index (κ2) is 4.99. The molecule has 6 heteroatoms. The lowest BCUT2D eigenvalue weighted by molar-refractivity contribution is -0.157. The summed E-state index contributed by atoms with van der Waals surface area (Å²) < 4.78 is 40.9. The molecule has 0 aliphatic rings. The van der Waals surface area contributed by atoms with Gasteiger partial charge in [0.05, 0.1) is 12.0 Å². The highest BCUT2D eigenvalue weighted by molar-refractivity contribution is 5.85. The molecular formula is C11H9F3O3. The van der Waals surface area contributed by atoms with Gasteiger partial charge >= 0.3 is 18.1 Å². The minimum absolute atomic E-state index is 0.238. The summed E-state index contributed by atoms with van der Waals surface area (Å²) in [6.45, 7) is 1.07. The first-order valence-corrected chi connectivity index (χ1v) is 4.66. The van der Waals surface area contributed by atoms with Crippen molar-refractivity contribution < 1.29 is 27.5 Å². The fourth-order valence-electron chi connectivity index (χ4n) is 1.17. The average Bonchev–Trinajstić information content (AvgIpc) is 2.15. The van der Waals surface area contributed by atoms with Crippen LogP contribution in [-0.2, 0) is 26.9 Å². The molecule has 0 atom stereocenters. The first kappa shape index (κ1) is 13.2. The maximum atomic E-state index is 12.2. The SMILES string of the molecule is CC(=O)OC(=O)Cc1ccc(C(F)(F)F)cc1. The Labute approximate surface area is 95.2 Å². The van der Waals surface area contributed by atoms with Gasteiger partial charge in [-0.2, -0.15) is 13.2 Å². The quantitative estimate of drug-likeness (QED) is 0.594.